The number of rotatable bonds is 9. The second-order valence-electron chi connectivity index (χ2n) is 12.6. The summed E-state index contributed by atoms with van der Waals surface area (Å²) in [5, 5.41) is 2.77. The molecule has 230 valence electrons. The molecule has 4 aromatic rings. The smallest absolute Gasteiger partial charge is 0.273 e. The van der Waals surface area contributed by atoms with E-state index in [-0.39, 0.29) is 23.9 Å². The van der Waals surface area contributed by atoms with Crippen molar-refractivity contribution in [1.29, 1.82) is 0 Å². The Bertz CT molecular complexity index is 1580. The molecule has 0 radical (unpaired) electrons. The lowest BCUT2D eigenvalue weighted by atomic mass is 9.87. The fourth-order valence-electron chi connectivity index (χ4n) is 5.63. The van der Waals surface area contributed by atoms with Crippen molar-refractivity contribution in [3.05, 3.63) is 111 Å². The molecule has 2 aliphatic heterocycles. The first-order valence-electron chi connectivity index (χ1n) is 15.1. The number of hydrogen-bond acceptors (Lipinski definition) is 7. The lowest BCUT2D eigenvalue weighted by Crippen LogP contribution is -2.48. The van der Waals surface area contributed by atoms with E-state index in [9.17, 15) is 9.18 Å². The number of hydrogen-bond donors (Lipinski definition) is 0. The zero-order valence-electron chi connectivity index (χ0n) is 25.6. The molecular weight excluding hydrogens is 575 g/mol. The van der Waals surface area contributed by atoms with E-state index in [4.69, 9.17) is 14.5 Å². The quantitative estimate of drug-likeness (QED) is 0.216. The van der Waals surface area contributed by atoms with E-state index >= 15 is 0 Å². The third-order valence-corrected chi connectivity index (χ3v) is 9.01. The Morgan fingerprint density at radius 3 is 2.18 bits per heavy atom. The van der Waals surface area contributed by atoms with Crippen molar-refractivity contribution in [1.82, 2.24) is 19.7 Å². The lowest BCUT2D eigenvalue weighted by molar-refractivity contribution is 0.0623. The van der Waals surface area contributed by atoms with E-state index in [0.29, 0.717) is 31.9 Å². The molecule has 3 aromatic carbocycles. The molecule has 0 unspecified atom stereocenters. The second kappa shape index (κ2) is 13.1. The summed E-state index contributed by atoms with van der Waals surface area (Å²) in [6.07, 6.45) is 0. The first kappa shape index (κ1) is 30.2. The van der Waals surface area contributed by atoms with Crippen molar-refractivity contribution in [3.8, 4) is 11.5 Å². The van der Waals surface area contributed by atoms with E-state index in [0.717, 1.165) is 48.2 Å². The molecule has 7 nitrogen and oxygen atoms in total. The Balaban J connectivity index is 1.07. The summed E-state index contributed by atoms with van der Waals surface area (Å²) in [6, 6.07) is 21.5. The van der Waals surface area contributed by atoms with Gasteiger partial charge in [0.2, 0.25) is 6.79 Å². The summed E-state index contributed by atoms with van der Waals surface area (Å²) in [5.41, 5.74) is 5.30. The van der Waals surface area contributed by atoms with Gasteiger partial charge in [0.05, 0.1) is 6.54 Å². The third-order valence-electron chi connectivity index (χ3n) is 8.18. The van der Waals surface area contributed by atoms with Crippen LogP contribution in [-0.2, 0) is 31.6 Å². The normalized spacial score (nSPS) is 15.2. The van der Waals surface area contributed by atoms with Crippen LogP contribution in [0.2, 0.25) is 0 Å². The highest BCUT2D eigenvalue weighted by Crippen LogP contribution is 2.33. The maximum atomic E-state index is 13.6. The number of thiazole rings is 1. The molecule has 0 spiro atoms. The predicted molar refractivity (Wildman–Crippen MR) is 170 cm³/mol. The van der Waals surface area contributed by atoms with Crippen LogP contribution in [0.25, 0.3) is 0 Å². The van der Waals surface area contributed by atoms with Crippen LogP contribution in [0.15, 0.2) is 72.1 Å². The van der Waals surface area contributed by atoms with E-state index in [2.05, 4.69) is 60.9 Å². The average Bonchev–Trinajstić information content (AvgIpc) is 3.68. The van der Waals surface area contributed by atoms with Gasteiger partial charge in [-0.1, -0.05) is 63.2 Å². The van der Waals surface area contributed by atoms with Crippen LogP contribution >= 0.6 is 11.3 Å². The zero-order chi connectivity index (χ0) is 30.7. The van der Waals surface area contributed by atoms with Crippen molar-refractivity contribution in [2.24, 2.45) is 0 Å². The van der Waals surface area contributed by atoms with Gasteiger partial charge < -0.3 is 14.4 Å². The molecule has 9 heteroatoms. The number of carbonyl (C=O) groups excluding carboxylic acids is 1. The Morgan fingerprint density at radius 1 is 0.864 bits per heavy atom. The fraction of sp³-hybridized carbons (Fsp3) is 0.371. The largest absolute Gasteiger partial charge is 0.454 e. The number of halogens is 1. The van der Waals surface area contributed by atoms with Gasteiger partial charge in [-0.05, 0) is 51.9 Å². The van der Waals surface area contributed by atoms with Gasteiger partial charge in [-0.3, -0.25) is 14.6 Å². The zero-order valence-corrected chi connectivity index (χ0v) is 26.4. The van der Waals surface area contributed by atoms with Crippen molar-refractivity contribution in [2.45, 2.75) is 52.4 Å². The number of carbonyl (C=O) groups is 1. The highest BCUT2D eigenvalue weighted by molar-refractivity contribution is 7.09. The van der Waals surface area contributed by atoms with Crippen LogP contribution in [0.4, 0.5) is 4.39 Å². The molecule has 2 aliphatic rings. The van der Waals surface area contributed by atoms with Crippen molar-refractivity contribution in [3.63, 3.8) is 0 Å². The Morgan fingerprint density at radius 2 is 1.50 bits per heavy atom. The number of piperazine rings is 1. The van der Waals surface area contributed by atoms with Crippen LogP contribution in [-0.4, -0.2) is 58.6 Å². The summed E-state index contributed by atoms with van der Waals surface area (Å²) in [7, 11) is 0. The Labute approximate surface area is 262 Å². The van der Waals surface area contributed by atoms with E-state index in [1.54, 1.807) is 0 Å². The maximum Gasteiger partial charge on any atom is 0.273 e. The number of benzene rings is 3. The summed E-state index contributed by atoms with van der Waals surface area (Å²) >= 11 is 1.52. The number of fused-ring (bicyclic) bond motifs is 1. The van der Waals surface area contributed by atoms with Gasteiger partial charge in [0.25, 0.3) is 5.91 Å². The highest BCUT2D eigenvalue weighted by Gasteiger charge is 2.25. The van der Waals surface area contributed by atoms with Gasteiger partial charge >= 0.3 is 0 Å². The molecule has 0 N–H and O–H groups in total. The van der Waals surface area contributed by atoms with E-state index in [1.807, 2.05) is 34.5 Å². The number of ether oxygens (including phenoxy) is 2. The highest BCUT2D eigenvalue weighted by atomic mass is 32.1. The predicted octanol–water partition coefficient (Wildman–Crippen LogP) is 6.47. The van der Waals surface area contributed by atoms with Gasteiger partial charge in [-0.25, -0.2) is 9.37 Å². The summed E-state index contributed by atoms with van der Waals surface area (Å²) in [6.45, 7) is 12.6. The third kappa shape index (κ3) is 7.46. The minimum atomic E-state index is -0.241. The minimum absolute atomic E-state index is 0.0157. The van der Waals surface area contributed by atoms with Crippen molar-refractivity contribution < 1.29 is 18.7 Å². The molecule has 3 heterocycles. The molecule has 0 saturated carbocycles. The number of aromatic nitrogens is 1. The molecule has 0 aliphatic carbocycles. The Kier molecular flexibility index (Phi) is 8.98. The number of amides is 1. The Hall–Kier alpha value is -3.79. The average molecular weight is 615 g/mol. The molecule has 1 aromatic heterocycles. The summed E-state index contributed by atoms with van der Waals surface area (Å²) < 4.78 is 24.5. The molecule has 0 atom stereocenters. The molecule has 1 saturated heterocycles. The van der Waals surface area contributed by atoms with Crippen molar-refractivity contribution >= 4 is 17.2 Å². The molecule has 44 heavy (non-hydrogen) atoms. The SMILES string of the molecule is CC(C)(C)c1ccc(CN(Cc2ccc(F)cc2)Cc2nc(C(=O)N3CCN(Cc4ccc5c(c4)OCO5)CC3)cs2)cc1. The lowest BCUT2D eigenvalue weighted by Gasteiger charge is -2.34. The molecule has 0 bridgehead atoms. The summed E-state index contributed by atoms with van der Waals surface area (Å²) in [4.78, 5) is 24.7. The van der Waals surface area contributed by atoms with Gasteiger partial charge in [-0.2, -0.15) is 0 Å². The molecule has 1 fully saturated rings. The van der Waals surface area contributed by atoms with E-state index < -0.39 is 0 Å². The van der Waals surface area contributed by atoms with Crippen LogP contribution in [0.3, 0.4) is 0 Å². The monoisotopic (exact) mass is 614 g/mol. The minimum Gasteiger partial charge on any atom is -0.454 e. The number of nitrogens with zero attached hydrogens (tertiary/aromatic N) is 4. The first-order valence-corrected chi connectivity index (χ1v) is 16.0. The van der Waals surface area contributed by atoms with Crippen LogP contribution < -0.4 is 9.47 Å². The van der Waals surface area contributed by atoms with Gasteiger partial charge in [0, 0.05) is 51.2 Å². The summed E-state index contributed by atoms with van der Waals surface area (Å²) in [5.74, 6) is 1.33. The first-order chi connectivity index (χ1) is 21.2. The van der Waals surface area contributed by atoms with E-state index in [1.165, 1.54) is 40.2 Å². The molecule has 6 rings (SSSR count). The van der Waals surface area contributed by atoms with Crippen LogP contribution in [0.5, 0.6) is 11.5 Å². The second-order valence-corrected chi connectivity index (χ2v) is 13.5. The van der Waals surface area contributed by atoms with Crippen LogP contribution in [0.1, 0.15) is 58.5 Å². The van der Waals surface area contributed by atoms with Crippen LogP contribution in [0, 0.1) is 5.82 Å². The van der Waals surface area contributed by atoms with Gasteiger partial charge in [0.1, 0.15) is 16.5 Å². The van der Waals surface area contributed by atoms with Gasteiger partial charge in [0.15, 0.2) is 11.5 Å². The topological polar surface area (TPSA) is 58.1 Å². The molecule has 1 amide bonds. The molecular formula is C35H39FN4O3S. The fourth-order valence-corrected chi connectivity index (χ4v) is 6.44. The van der Waals surface area contributed by atoms with Gasteiger partial charge in [-0.15, -0.1) is 11.3 Å². The maximum absolute atomic E-state index is 13.6. The standard InChI is InChI=1S/C35H39FN4O3S/c1-35(2,3)28-9-4-25(5-10-28)19-39(20-26-6-11-29(36)12-7-26)22-33-37-30(23-44-33)34(41)40-16-14-38(15-17-40)21-27-8-13-31-32(18-27)43-24-42-31/h4-13,18,23H,14-17,19-22,24H2,1-3H3. The van der Waals surface area contributed by atoms with Crippen molar-refractivity contribution in [2.75, 3.05) is 33.0 Å².